The quantitative estimate of drug-likeness (QED) is 0.702. The fourth-order valence-corrected chi connectivity index (χ4v) is 4.90. The number of hydrogen-bond donors (Lipinski definition) is 2. The van der Waals surface area contributed by atoms with E-state index in [1.165, 1.54) is 16.0 Å². The van der Waals surface area contributed by atoms with Gasteiger partial charge in [0.25, 0.3) is 5.91 Å². The van der Waals surface area contributed by atoms with Crippen LogP contribution in [0.4, 0.5) is 0 Å². The van der Waals surface area contributed by atoms with Crippen LogP contribution in [0.1, 0.15) is 23.0 Å². The van der Waals surface area contributed by atoms with Gasteiger partial charge in [-0.05, 0) is 43.1 Å². The summed E-state index contributed by atoms with van der Waals surface area (Å²) in [6.45, 7) is 4.09. The van der Waals surface area contributed by atoms with Crippen molar-refractivity contribution >= 4 is 51.2 Å². The molecule has 1 fully saturated rings. The minimum atomic E-state index is 0. The van der Waals surface area contributed by atoms with Crippen molar-refractivity contribution in [1.29, 1.82) is 0 Å². The molecule has 0 radical (unpaired) electrons. The average Bonchev–Trinajstić information content (AvgIpc) is 3.23. The summed E-state index contributed by atoms with van der Waals surface area (Å²) in [5.74, 6) is 0.534. The van der Waals surface area contributed by atoms with E-state index in [2.05, 4.69) is 28.6 Å². The van der Waals surface area contributed by atoms with Crippen LogP contribution in [-0.2, 0) is 0 Å². The van der Waals surface area contributed by atoms with Gasteiger partial charge in [-0.3, -0.25) is 4.79 Å². The maximum absolute atomic E-state index is 12.5. The molecule has 132 valence electrons. The number of nitrogens with one attached hydrogen (secondary N) is 2. The topological polar surface area (TPSA) is 54.0 Å². The molecule has 3 heterocycles. The van der Waals surface area contributed by atoms with Gasteiger partial charge in [-0.2, -0.15) is 0 Å². The number of thiophene rings is 1. The third-order valence-corrected chi connectivity index (χ3v) is 6.77. The van der Waals surface area contributed by atoms with E-state index in [9.17, 15) is 4.79 Å². The first-order valence-corrected chi connectivity index (χ1v) is 9.81. The number of piperidine rings is 1. The lowest BCUT2D eigenvalue weighted by atomic mass is 9.95. The molecule has 7 heteroatoms. The molecule has 1 amide bonds. The molecule has 25 heavy (non-hydrogen) atoms. The Morgan fingerprint density at radius 2 is 2.08 bits per heavy atom. The van der Waals surface area contributed by atoms with Crippen molar-refractivity contribution in [1.82, 2.24) is 15.6 Å². The fraction of sp³-hybridized carbons (Fsp3) is 0.333. The van der Waals surface area contributed by atoms with Gasteiger partial charge in [0.1, 0.15) is 5.01 Å². The molecule has 2 unspecified atom stereocenters. The van der Waals surface area contributed by atoms with E-state index >= 15 is 0 Å². The van der Waals surface area contributed by atoms with Crippen LogP contribution in [0.5, 0.6) is 0 Å². The van der Waals surface area contributed by atoms with Crippen molar-refractivity contribution < 1.29 is 4.79 Å². The third-order valence-electron chi connectivity index (χ3n) is 4.48. The number of benzene rings is 1. The number of hydrogen-bond acceptors (Lipinski definition) is 5. The smallest absolute Gasteiger partial charge is 0.261 e. The summed E-state index contributed by atoms with van der Waals surface area (Å²) in [5.41, 5.74) is 1.01. The average molecular weight is 394 g/mol. The lowest BCUT2D eigenvalue weighted by Crippen LogP contribution is -2.50. The van der Waals surface area contributed by atoms with Gasteiger partial charge in [0.05, 0.1) is 20.0 Å². The van der Waals surface area contributed by atoms with E-state index < -0.39 is 0 Å². The summed E-state index contributed by atoms with van der Waals surface area (Å²) >= 11 is 3.18. The maximum atomic E-state index is 12.5. The molecule has 4 rings (SSSR count). The Bertz CT molecular complexity index is 843. The number of amides is 1. The summed E-state index contributed by atoms with van der Waals surface area (Å²) < 4.78 is 1.18. The van der Waals surface area contributed by atoms with Crippen LogP contribution in [0.2, 0.25) is 0 Å². The van der Waals surface area contributed by atoms with Crippen LogP contribution < -0.4 is 10.6 Å². The SMILES string of the molecule is CC1CCNCC1NC(=O)c1ccc(-c2nc3ccccc3s2)s1.Cl. The molecule has 2 atom stereocenters. The van der Waals surface area contributed by atoms with Crippen molar-refractivity contribution in [2.45, 2.75) is 19.4 Å². The standard InChI is InChI=1S/C18H19N3OS2.ClH/c1-11-8-9-19-10-13(11)20-17(22)15-6-7-16(23-15)18-21-12-4-2-3-5-14(12)24-18;/h2-7,11,13,19H,8-10H2,1H3,(H,20,22);1H. The molecule has 2 aromatic heterocycles. The van der Waals surface area contributed by atoms with Crippen LogP contribution in [0, 0.1) is 5.92 Å². The highest BCUT2D eigenvalue weighted by Gasteiger charge is 2.23. The van der Waals surface area contributed by atoms with Gasteiger partial charge in [0.2, 0.25) is 0 Å². The number of para-hydroxylation sites is 1. The molecule has 4 nitrogen and oxygen atoms in total. The van der Waals surface area contributed by atoms with Gasteiger partial charge in [0, 0.05) is 12.6 Å². The molecule has 0 saturated carbocycles. The first-order valence-electron chi connectivity index (χ1n) is 8.18. The highest BCUT2D eigenvalue weighted by Crippen LogP contribution is 2.34. The molecule has 1 aliphatic heterocycles. The molecule has 2 N–H and O–H groups in total. The van der Waals surface area contributed by atoms with E-state index in [4.69, 9.17) is 0 Å². The molecule has 0 spiro atoms. The lowest BCUT2D eigenvalue weighted by molar-refractivity contribution is 0.0919. The number of carbonyl (C=O) groups is 1. The van der Waals surface area contributed by atoms with E-state index in [0.717, 1.165) is 39.8 Å². The maximum Gasteiger partial charge on any atom is 0.261 e. The van der Waals surface area contributed by atoms with Crippen LogP contribution in [0.15, 0.2) is 36.4 Å². The van der Waals surface area contributed by atoms with Gasteiger partial charge < -0.3 is 10.6 Å². The van der Waals surface area contributed by atoms with Crippen molar-refractivity contribution in [2.75, 3.05) is 13.1 Å². The normalized spacial score (nSPS) is 20.2. The summed E-state index contributed by atoms with van der Waals surface area (Å²) in [6.07, 6.45) is 1.10. The molecular weight excluding hydrogens is 374 g/mol. The number of thiazole rings is 1. The molecule has 1 saturated heterocycles. The van der Waals surface area contributed by atoms with Gasteiger partial charge in [-0.1, -0.05) is 19.1 Å². The van der Waals surface area contributed by atoms with Crippen LogP contribution in [-0.4, -0.2) is 30.0 Å². The Kier molecular flexibility index (Phi) is 5.74. The summed E-state index contributed by atoms with van der Waals surface area (Å²) in [5, 5.41) is 7.50. The molecule has 1 aromatic carbocycles. The molecule has 1 aliphatic rings. The van der Waals surface area contributed by atoms with Crippen molar-refractivity contribution in [3.8, 4) is 9.88 Å². The van der Waals surface area contributed by atoms with Gasteiger partial charge in [-0.15, -0.1) is 35.1 Å². The van der Waals surface area contributed by atoms with Crippen LogP contribution in [0.3, 0.4) is 0 Å². The predicted octanol–water partition coefficient (Wildman–Crippen LogP) is 4.17. The number of nitrogens with zero attached hydrogens (tertiary/aromatic N) is 1. The highest BCUT2D eigenvalue weighted by atomic mass is 35.5. The molecule has 3 aromatic rings. The Labute approximate surface area is 161 Å². The zero-order valence-electron chi connectivity index (χ0n) is 13.8. The minimum absolute atomic E-state index is 0. The number of rotatable bonds is 3. The summed E-state index contributed by atoms with van der Waals surface area (Å²) in [7, 11) is 0. The Morgan fingerprint density at radius 1 is 1.24 bits per heavy atom. The summed E-state index contributed by atoms with van der Waals surface area (Å²) in [4.78, 5) is 19.0. The second-order valence-corrected chi connectivity index (χ2v) is 8.32. The Balaban J connectivity index is 0.00000182. The molecular formula is C18H20ClN3OS2. The lowest BCUT2D eigenvalue weighted by Gasteiger charge is -2.30. The first kappa shape index (κ1) is 18.3. The van der Waals surface area contributed by atoms with Gasteiger partial charge in [-0.25, -0.2) is 4.98 Å². The Morgan fingerprint density at radius 3 is 2.88 bits per heavy atom. The van der Waals surface area contributed by atoms with Gasteiger partial charge in [0.15, 0.2) is 0 Å². The zero-order chi connectivity index (χ0) is 16.5. The highest BCUT2D eigenvalue weighted by molar-refractivity contribution is 7.26. The number of carbonyl (C=O) groups excluding carboxylic acids is 1. The Hall–Kier alpha value is -1.47. The van der Waals surface area contributed by atoms with E-state index in [1.54, 1.807) is 11.3 Å². The van der Waals surface area contributed by atoms with Gasteiger partial charge >= 0.3 is 0 Å². The number of halogens is 1. The second-order valence-electron chi connectivity index (χ2n) is 6.20. The van der Waals surface area contributed by atoms with E-state index in [-0.39, 0.29) is 24.4 Å². The molecule has 0 bridgehead atoms. The first-order chi connectivity index (χ1) is 11.7. The van der Waals surface area contributed by atoms with Crippen molar-refractivity contribution in [3.05, 3.63) is 41.3 Å². The minimum Gasteiger partial charge on any atom is -0.347 e. The summed E-state index contributed by atoms with van der Waals surface area (Å²) in [6, 6.07) is 12.2. The van der Waals surface area contributed by atoms with Crippen molar-refractivity contribution in [3.63, 3.8) is 0 Å². The van der Waals surface area contributed by atoms with E-state index in [0.29, 0.717) is 5.92 Å². The number of fused-ring (bicyclic) bond motifs is 1. The van der Waals surface area contributed by atoms with Crippen molar-refractivity contribution in [2.24, 2.45) is 5.92 Å². The second kappa shape index (κ2) is 7.83. The monoisotopic (exact) mass is 393 g/mol. The largest absolute Gasteiger partial charge is 0.347 e. The zero-order valence-corrected chi connectivity index (χ0v) is 16.3. The molecule has 0 aliphatic carbocycles. The van der Waals surface area contributed by atoms with Crippen LogP contribution >= 0.6 is 35.1 Å². The third kappa shape index (κ3) is 3.87. The fourth-order valence-electron chi connectivity index (χ4n) is 2.97. The number of aromatic nitrogens is 1. The van der Waals surface area contributed by atoms with E-state index in [1.807, 2.05) is 30.3 Å². The predicted molar refractivity (Wildman–Crippen MR) is 108 cm³/mol. The van der Waals surface area contributed by atoms with Crippen LogP contribution in [0.25, 0.3) is 20.1 Å².